The number of aromatic nitrogens is 2. The SMILES string of the molecule is O=C(NCc1nc(C(F)F)no1)[C@@H]1CC[C@H](CN2CCOCC2)O1. The van der Waals surface area contributed by atoms with Gasteiger partial charge in [0, 0.05) is 19.6 Å². The van der Waals surface area contributed by atoms with Gasteiger partial charge in [0.1, 0.15) is 6.10 Å². The lowest BCUT2D eigenvalue weighted by Crippen LogP contribution is -2.41. The standard InChI is InChI=1S/C14H20F2N4O4/c15-12(16)13-18-11(24-19-13)7-17-14(21)10-2-1-9(23-10)8-20-3-5-22-6-4-20/h9-10,12H,1-8H2,(H,17,21)/t9-,10+/m1/s1. The highest BCUT2D eigenvalue weighted by Crippen LogP contribution is 2.21. The molecule has 2 aliphatic heterocycles. The van der Waals surface area contributed by atoms with Crippen LogP contribution in [0.3, 0.4) is 0 Å². The van der Waals surface area contributed by atoms with Crippen molar-refractivity contribution in [2.75, 3.05) is 32.8 Å². The minimum atomic E-state index is -2.79. The summed E-state index contributed by atoms with van der Waals surface area (Å²) in [5.74, 6) is -1.03. The number of amides is 1. The Hall–Kier alpha value is -1.65. The Bertz CT molecular complexity index is 551. The molecule has 0 radical (unpaired) electrons. The molecule has 2 atom stereocenters. The lowest BCUT2D eigenvalue weighted by atomic mass is 10.2. The van der Waals surface area contributed by atoms with Gasteiger partial charge in [0.25, 0.3) is 0 Å². The number of carbonyl (C=O) groups excluding carboxylic acids is 1. The number of halogens is 2. The van der Waals surface area contributed by atoms with E-state index in [2.05, 4.69) is 24.9 Å². The normalized spacial score (nSPS) is 25.3. The third-order valence-corrected chi connectivity index (χ3v) is 4.06. The van der Waals surface area contributed by atoms with Crippen LogP contribution in [0.15, 0.2) is 4.52 Å². The number of hydrogen-bond donors (Lipinski definition) is 1. The third-order valence-electron chi connectivity index (χ3n) is 4.06. The van der Waals surface area contributed by atoms with Crippen molar-refractivity contribution in [1.82, 2.24) is 20.4 Å². The number of nitrogens with one attached hydrogen (secondary N) is 1. The van der Waals surface area contributed by atoms with Crippen LogP contribution in [0.1, 0.15) is 31.0 Å². The molecule has 1 aromatic rings. The van der Waals surface area contributed by atoms with Crippen molar-refractivity contribution in [1.29, 1.82) is 0 Å². The fourth-order valence-electron chi connectivity index (χ4n) is 2.81. The van der Waals surface area contributed by atoms with Gasteiger partial charge in [-0.05, 0) is 12.8 Å². The average molecular weight is 346 g/mol. The number of alkyl halides is 2. The van der Waals surface area contributed by atoms with Crippen molar-refractivity contribution in [3.8, 4) is 0 Å². The van der Waals surface area contributed by atoms with Gasteiger partial charge in [0.15, 0.2) is 0 Å². The number of hydrogen-bond acceptors (Lipinski definition) is 7. The summed E-state index contributed by atoms with van der Waals surface area (Å²) < 4.78 is 40.4. The molecule has 134 valence electrons. The Morgan fingerprint density at radius 1 is 1.33 bits per heavy atom. The molecule has 0 aromatic carbocycles. The van der Waals surface area contributed by atoms with E-state index in [9.17, 15) is 13.6 Å². The van der Waals surface area contributed by atoms with E-state index in [1.54, 1.807) is 0 Å². The first-order chi connectivity index (χ1) is 11.6. The zero-order chi connectivity index (χ0) is 16.9. The monoisotopic (exact) mass is 346 g/mol. The molecule has 0 bridgehead atoms. The molecule has 0 spiro atoms. The van der Waals surface area contributed by atoms with Gasteiger partial charge in [-0.1, -0.05) is 5.16 Å². The van der Waals surface area contributed by atoms with E-state index in [1.165, 1.54) is 0 Å². The second-order valence-corrected chi connectivity index (χ2v) is 5.80. The highest BCUT2D eigenvalue weighted by Gasteiger charge is 2.32. The van der Waals surface area contributed by atoms with Crippen LogP contribution in [0.4, 0.5) is 8.78 Å². The van der Waals surface area contributed by atoms with E-state index in [1.807, 2.05) is 0 Å². The summed E-state index contributed by atoms with van der Waals surface area (Å²) in [4.78, 5) is 17.9. The largest absolute Gasteiger partial charge is 0.379 e. The molecule has 1 aromatic heterocycles. The van der Waals surface area contributed by atoms with E-state index in [0.717, 1.165) is 39.3 Å². The van der Waals surface area contributed by atoms with Crippen LogP contribution in [0.25, 0.3) is 0 Å². The topological polar surface area (TPSA) is 89.7 Å². The first-order valence-corrected chi connectivity index (χ1v) is 7.95. The molecule has 0 unspecified atom stereocenters. The summed E-state index contributed by atoms with van der Waals surface area (Å²) in [5, 5.41) is 5.71. The third kappa shape index (κ3) is 4.46. The van der Waals surface area contributed by atoms with Gasteiger partial charge in [-0.25, -0.2) is 8.78 Å². The highest BCUT2D eigenvalue weighted by molar-refractivity contribution is 5.80. The van der Waals surface area contributed by atoms with Crippen LogP contribution in [-0.2, 0) is 20.8 Å². The van der Waals surface area contributed by atoms with Crippen LogP contribution in [-0.4, -0.2) is 66.0 Å². The lowest BCUT2D eigenvalue weighted by molar-refractivity contribution is -0.133. The van der Waals surface area contributed by atoms with Gasteiger partial charge in [-0.15, -0.1) is 0 Å². The van der Waals surface area contributed by atoms with Crippen LogP contribution in [0, 0.1) is 0 Å². The van der Waals surface area contributed by atoms with E-state index in [4.69, 9.17) is 9.47 Å². The van der Waals surface area contributed by atoms with Gasteiger partial charge in [-0.2, -0.15) is 4.98 Å². The Balaban J connectivity index is 1.40. The number of nitrogens with zero attached hydrogens (tertiary/aromatic N) is 3. The summed E-state index contributed by atoms with van der Waals surface area (Å²) in [7, 11) is 0. The molecule has 0 aliphatic carbocycles. The number of ether oxygens (including phenoxy) is 2. The predicted octanol–water partition coefficient (Wildman–Crippen LogP) is 0.503. The molecule has 2 fully saturated rings. The Kier molecular flexibility index (Phi) is 5.69. The fourth-order valence-corrected chi connectivity index (χ4v) is 2.81. The van der Waals surface area contributed by atoms with Crippen molar-refractivity contribution in [3.05, 3.63) is 11.7 Å². The molecule has 24 heavy (non-hydrogen) atoms. The first kappa shape index (κ1) is 17.2. The van der Waals surface area contributed by atoms with Crippen molar-refractivity contribution in [2.24, 2.45) is 0 Å². The Morgan fingerprint density at radius 2 is 2.12 bits per heavy atom. The Morgan fingerprint density at radius 3 is 2.83 bits per heavy atom. The van der Waals surface area contributed by atoms with Gasteiger partial charge in [-0.3, -0.25) is 9.69 Å². The van der Waals surface area contributed by atoms with E-state index < -0.39 is 18.4 Å². The molecule has 1 amide bonds. The highest BCUT2D eigenvalue weighted by atomic mass is 19.3. The van der Waals surface area contributed by atoms with Crippen LogP contribution in [0.2, 0.25) is 0 Å². The zero-order valence-corrected chi connectivity index (χ0v) is 13.1. The summed E-state index contributed by atoms with van der Waals surface area (Å²) in [6.45, 7) is 3.89. The number of morpholine rings is 1. The maximum absolute atomic E-state index is 12.4. The summed E-state index contributed by atoms with van der Waals surface area (Å²) >= 11 is 0. The summed E-state index contributed by atoms with van der Waals surface area (Å²) in [6.07, 6.45) is -1.86. The van der Waals surface area contributed by atoms with Gasteiger partial charge in [0.05, 0.1) is 25.9 Å². The van der Waals surface area contributed by atoms with Crippen molar-refractivity contribution in [2.45, 2.75) is 38.0 Å². The van der Waals surface area contributed by atoms with E-state index in [-0.39, 0.29) is 24.4 Å². The van der Waals surface area contributed by atoms with Gasteiger partial charge in [0.2, 0.25) is 17.6 Å². The summed E-state index contributed by atoms with van der Waals surface area (Å²) in [6, 6.07) is 0. The number of carbonyl (C=O) groups is 1. The van der Waals surface area contributed by atoms with Gasteiger partial charge < -0.3 is 19.3 Å². The molecule has 8 nitrogen and oxygen atoms in total. The quantitative estimate of drug-likeness (QED) is 0.802. The smallest absolute Gasteiger partial charge is 0.300 e. The van der Waals surface area contributed by atoms with Gasteiger partial charge >= 0.3 is 6.43 Å². The van der Waals surface area contributed by atoms with Crippen LogP contribution in [0.5, 0.6) is 0 Å². The van der Waals surface area contributed by atoms with E-state index >= 15 is 0 Å². The molecule has 1 N–H and O–H groups in total. The molecule has 3 heterocycles. The summed E-state index contributed by atoms with van der Waals surface area (Å²) in [5.41, 5.74) is 0. The molecular formula is C14H20F2N4O4. The predicted molar refractivity (Wildman–Crippen MR) is 76.3 cm³/mol. The second kappa shape index (κ2) is 7.95. The van der Waals surface area contributed by atoms with Crippen LogP contribution < -0.4 is 5.32 Å². The lowest BCUT2D eigenvalue weighted by Gasteiger charge is -2.28. The Labute approximate surface area is 137 Å². The molecule has 3 rings (SSSR count). The molecular weight excluding hydrogens is 326 g/mol. The van der Waals surface area contributed by atoms with Crippen molar-refractivity contribution in [3.63, 3.8) is 0 Å². The van der Waals surface area contributed by atoms with E-state index in [0.29, 0.717) is 6.42 Å². The minimum absolute atomic E-state index is 0.0210. The maximum Gasteiger partial charge on any atom is 0.300 e. The van der Waals surface area contributed by atoms with Crippen molar-refractivity contribution >= 4 is 5.91 Å². The fraction of sp³-hybridized carbons (Fsp3) is 0.786. The molecule has 2 saturated heterocycles. The number of rotatable bonds is 6. The van der Waals surface area contributed by atoms with Crippen LogP contribution >= 0.6 is 0 Å². The average Bonchev–Trinajstić information content (AvgIpc) is 3.23. The first-order valence-electron chi connectivity index (χ1n) is 7.95. The second-order valence-electron chi connectivity index (χ2n) is 5.80. The minimum Gasteiger partial charge on any atom is -0.379 e. The zero-order valence-electron chi connectivity index (χ0n) is 13.1. The van der Waals surface area contributed by atoms with Crippen molar-refractivity contribution < 1.29 is 27.6 Å². The molecule has 2 aliphatic rings. The maximum atomic E-state index is 12.4. The molecule has 10 heteroatoms. The molecule has 0 saturated carbocycles.